The molecular weight excluding hydrogens is 311 g/mol. The zero-order chi connectivity index (χ0) is 16.9. The molecule has 0 saturated carbocycles. The van der Waals surface area contributed by atoms with Gasteiger partial charge in [-0.2, -0.15) is 13.2 Å². The van der Waals surface area contributed by atoms with Gasteiger partial charge in [-0.3, -0.25) is 9.78 Å². The van der Waals surface area contributed by atoms with Gasteiger partial charge in [0.05, 0.1) is 12.2 Å². The molecule has 0 atom stereocenters. The number of rotatable bonds is 5. The molecule has 0 fully saturated rings. The fourth-order valence-corrected chi connectivity index (χ4v) is 1.80. The minimum absolute atomic E-state index is 0.0415. The van der Waals surface area contributed by atoms with Crippen molar-refractivity contribution < 1.29 is 22.7 Å². The molecule has 0 aliphatic heterocycles. The van der Waals surface area contributed by atoms with E-state index in [1.807, 2.05) is 6.92 Å². The summed E-state index contributed by atoms with van der Waals surface area (Å²) in [5, 5.41) is 2.59. The predicted molar refractivity (Wildman–Crippen MR) is 75.8 cm³/mol. The van der Waals surface area contributed by atoms with Crippen LogP contribution in [-0.4, -0.2) is 22.5 Å². The summed E-state index contributed by atoms with van der Waals surface area (Å²) < 4.78 is 42.6. The van der Waals surface area contributed by atoms with Crippen LogP contribution in [0.25, 0.3) is 0 Å². The van der Waals surface area contributed by atoms with Crippen molar-refractivity contribution in [2.75, 3.05) is 6.61 Å². The first-order valence-corrected chi connectivity index (χ1v) is 6.80. The van der Waals surface area contributed by atoms with Crippen LogP contribution in [0.1, 0.15) is 28.5 Å². The van der Waals surface area contributed by atoms with Crippen LogP contribution in [0.15, 0.2) is 36.7 Å². The number of aromatic nitrogens is 2. The number of carbonyl (C=O) groups is 1. The van der Waals surface area contributed by atoms with Crippen LogP contribution in [0.2, 0.25) is 0 Å². The molecule has 1 amide bonds. The molecule has 0 spiro atoms. The molecule has 23 heavy (non-hydrogen) atoms. The van der Waals surface area contributed by atoms with Gasteiger partial charge in [-0.15, -0.1) is 0 Å². The zero-order valence-corrected chi connectivity index (χ0v) is 12.2. The second kappa shape index (κ2) is 7.08. The number of carbonyl (C=O) groups excluding carboxylic acids is 1. The maximum Gasteiger partial charge on any atom is 0.433 e. The summed E-state index contributed by atoms with van der Waals surface area (Å²) >= 11 is 0. The minimum atomic E-state index is -4.53. The van der Waals surface area contributed by atoms with E-state index in [9.17, 15) is 18.0 Å². The lowest BCUT2D eigenvalue weighted by Gasteiger charge is -2.10. The first-order chi connectivity index (χ1) is 10.9. The van der Waals surface area contributed by atoms with E-state index in [2.05, 4.69) is 15.3 Å². The molecular formula is C15H14F3N3O2. The third kappa shape index (κ3) is 4.41. The second-order valence-corrected chi connectivity index (χ2v) is 4.51. The van der Waals surface area contributed by atoms with E-state index >= 15 is 0 Å². The molecule has 122 valence electrons. The molecule has 2 aromatic rings. The van der Waals surface area contributed by atoms with Gasteiger partial charge in [0.25, 0.3) is 5.91 Å². The monoisotopic (exact) mass is 325 g/mol. The maximum atomic E-state index is 12.4. The highest BCUT2D eigenvalue weighted by Gasteiger charge is 2.32. The van der Waals surface area contributed by atoms with Gasteiger partial charge in [0, 0.05) is 24.5 Å². The summed E-state index contributed by atoms with van der Waals surface area (Å²) in [6.45, 7) is 2.38. The number of alkyl halides is 3. The van der Waals surface area contributed by atoms with E-state index < -0.39 is 17.8 Å². The fraction of sp³-hybridized carbons (Fsp3) is 0.267. The van der Waals surface area contributed by atoms with E-state index in [1.54, 1.807) is 18.3 Å². The molecule has 0 aromatic carbocycles. The van der Waals surface area contributed by atoms with Crippen LogP contribution in [-0.2, 0) is 12.7 Å². The van der Waals surface area contributed by atoms with Gasteiger partial charge in [0.1, 0.15) is 5.69 Å². The molecule has 0 radical (unpaired) electrons. The van der Waals surface area contributed by atoms with Gasteiger partial charge in [0.15, 0.2) is 0 Å². The number of pyridine rings is 2. The van der Waals surface area contributed by atoms with Crippen molar-refractivity contribution in [1.82, 2.24) is 15.3 Å². The summed E-state index contributed by atoms with van der Waals surface area (Å²) in [6, 6.07) is 5.29. The Balaban J connectivity index is 2.03. The lowest BCUT2D eigenvalue weighted by molar-refractivity contribution is -0.141. The summed E-state index contributed by atoms with van der Waals surface area (Å²) in [6.07, 6.45) is -2.07. The molecule has 0 saturated heterocycles. The molecule has 1 N–H and O–H groups in total. The highest BCUT2D eigenvalue weighted by molar-refractivity contribution is 5.93. The standard InChI is InChI=1S/C15H14F3N3O2/c1-2-23-14-11(4-3-7-19-14)9-21-13(22)10-5-6-12(20-8-10)15(16,17)18/h3-8H,2,9H2,1H3,(H,21,22). The van der Waals surface area contributed by atoms with E-state index in [0.29, 0.717) is 18.1 Å². The molecule has 8 heteroatoms. The van der Waals surface area contributed by atoms with Gasteiger partial charge < -0.3 is 10.1 Å². The van der Waals surface area contributed by atoms with Crippen LogP contribution >= 0.6 is 0 Å². The maximum absolute atomic E-state index is 12.4. The molecule has 2 rings (SSSR count). The Morgan fingerprint density at radius 1 is 1.26 bits per heavy atom. The van der Waals surface area contributed by atoms with Crippen LogP contribution < -0.4 is 10.1 Å². The van der Waals surface area contributed by atoms with Crippen molar-refractivity contribution in [3.8, 4) is 5.88 Å². The van der Waals surface area contributed by atoms with E-state index in [1.165, 1.54) is 0 Å². The highest BCUT2D eigenvalue weighted by Crippen LogP contribution is 2.27. The topological polar surface area (TPSA) is 64.1 Å². The Labute approximate surface area is 130 Å². The SMILES string of the molecule is CCOc1ncccc1CNC(=O)c1ccc(C(F)(F)F)nc1. The summed E-state index contributed by atoms with van der Waals surface area (Å²) in [5.41, 5.74) is -0.331. The number of amides is 1. The Kier molecular flexibility index (Phi) is 5.15. The van der Waals surface area contributed by atoms with Crippen molar-refractivity contribution in [2.45, 2.75) is 19.6 Å². The highest BCUT2D eigenvalue weighted by atomic mass is 19.4. The van der Waals surface area contributed by atoms with Crippen LogP contribution in [0.5, 0.6) is 5.88 Å². The lowest BCUT2D eigenvalue weighted by atomic mass is 10.2. The first-order valence-electron chi connectivity index (χ1n) is 6.80. The minimum Gasteiger partial charge on any atom is -0.478 e. The van der Waals surface area contributed by atoms with Crippen LogP contribution in [0, 0.1) is 0 Å². The Bertz CT molecular complexity index is 672. The molecule has 0 aliphatic carbocycles. The molecule has 5 nitrogen and oxygen atoms in total. The number of nitrogens with zero attached hydrogens (tertiary/aromatic N) is 2. The van der Waals surface area contributed by atoms with Gasteiger partial charge in [-0.1, -0.05) is 6.07 Å². The van der Waals surface area contributed by atoms with Gasteiger partial charge in [0.2, 0.25) is 5.88 Å². The van der Waals surface area contributed by atoms with Crippen molar-refractivity contribution >= 4 is 5.91 Å². The number of nitrogens with one attached hydrogen (secondary N) is 1. The zero-order valence-electron chi connectivity index (χ0n) is 12.2. The summed E-state index contributed by atoms with van der Waals surface area (Å²) in [7, 11) is 0. The van der Waals surface area contributed by atoms with Crippen molar-refractivity contribution in [3.05, 3.63) is 53.5 Å². The average molecular weight is 325 g/mol. The Morgan fingerprint density at radius 2 is 2.04 bits per heavy atom. The molecule has 0 aliphatic rings. The van der Waals surface area contributed by atoms with Gasteiger partial charge in [-0.25, -0.2) is 4.98 Å². The third-order valence-corrected chi connectivity index (χ3v) is 2.89. The molecule has 2 heterocycles. The van der Waals surface area contributed by atoms with Crippen LogP contribution in [0.3, 0.4) is 0 Å². The lowest BCUT2D eigenvalue weighted by Crippen LogP contribution is -2.23. The van der Waals surface area contributed by atoms with E-state index in [0.717, 1.165) is 18.3 Å². The smallest absolute Gasteiger partial charge is 0.433 e. The van der Waals surface area contributed by atoms with Crippen molar-refractivity contribution in [2.24, 2.45) is 0 Å². The van der Waals surface area contributed by atoms with Gasteiger partial charge in [-0.05, 0) is 25.1 Å². The number of hydrogen-bond donors (Lipinski definition) is 1. The second-order valence-electron chi connectivity index (χ2n) is 4.51. The predicted octanol–water partition coefficient (Wildman–Crippen LogP) is 2.82. The first kappa shape index (κ1) is 16.7. The largest absolute Gasteiger partial charge is 0.478 e. The normalized spacial score (nSPS) is 11.1. The third-order valence-electron chi connectivity index (χ3n) is 2.89. The Morgan fingerprint density at radius 3 is 2.65 bits per heavy atom. The molecule has 0 bridgehead atoms. The van der Waals surface area contributed by atoms with Gasteiger partial charge >= 0.3 is 6.18 Å². The summed E-state index contributed by atoms with van der Waals surface area (Å²) in [5.74, 6) is -0.127. The van der Waals surface area contributed by atoms with E-state index in [4.69, 9.17) is 4.74 Å². The molecule has 0 unspecified atom stereocenters. The Hall–Kier alpha value is -2.64. The number of ether oxygens (including phenoxy) is 1. The van der Waals surface area contributed by atoms with Crippen LogP contribution in [0.4, 0.5) is 13.2 Å². The fourth-order valence-electron chi connectivity index (χ4n) is 1.80. The average Bonchev–Trinajstić information content (AvgIpc) is 2.53. The summed E-state index contributed by atoms with van der Waals surface area (Å²) in [4.78, 5) is 19.3. The van der Waals surface area contributed by atoms with Crippen molar-refractivity contribution in [3.63, 3.8) is 0 Å². The number of hydrogen-bond acceptors (Lipinski definition) is 4. The quantitative estimate of drug-likeness (QED) is 0.918. The van der Waals surface area contributed by atoms with E-state index in [-0.39, 0.29) is 12.1 Å². The van der Waals surface area contributed by atoms with Crippen molar-refractivity contribution in [1.29, 1.82) is 0 Å². The number of halogens is 3. The molecule has 2 aromatic heterocycles.